The van der Waals surface area contributed by atoms with E-state index >= 15 is 0 Å². The average molecular weight is 270 g/mol. The van der Waals surface area contributed by atoms with Gasteiger partial charge in [-0.05, 0) is 45.2 Å². The number of carbonyl (C=O) groups is 2. The van der Waals surface area contributed by atoms with Crippen molar-refractivity contribution in [2.45, 2.75) is 50.2 Å². The Labute approximate surface area is 112 Å². The van der Waals surface area contributed by atoms with Gasteiger partial charge in [-0.1, -0.05) is 0 Å². The van der Waals surface area contributed by atoms with Gasteiger partial charge in [-0.3, -0.25) is 9.59 Å². The zero-order valence-corrected chi connectivity index (χ0v) is 11.1. The Morgan fingerprint density at radius 1 is 1.32 bits per heavy atom. The molecule has 1 saturated heterocycles. The maximum atomic E-state index is 11.8. The lowest BCUT2D eigenvalue weighted by atomic mass is 9.74. The molecule has 6 heteroatoms. The van der Waals surface area contributed by atoms with Crippen LogP contribution in [-0.4, -0.2) is 48.3 Å². The van der Waals surface area contributed by atoms with Crippen molar-refractivity contribution in [3.8, 4) is 0 Å². The van der Waals surface area contributed by atoms with E-state index in [1.165, 1.54) is 0 Å². The lowest BCUT2D eigenvalue weighted by molar-refractivity contribution is -0.141. The summed E-state index contributed by atoms with van der Waals surface area (Å²) in [5.74, 6) is -1.06. The molecule has 0 unspecified atom stereocenters. The van der Waals surface area contributed by atoms with Crippen LogP contribution in [0.25, 0.3) is 0 Å². The Hall–Kier alpha value is -1.14. The predicted molar refractivity (Wildman–Crippen MR) is 68.8 cm³/mol. The van der Waals surface area contributed by atoms with Crippen molar-refractivity contribution in [3.63, 3.8) is 0 Å². The van der Waals surface area contributed by atoms with Gasteiger partial charge in [-0.25, -0.2) is 0 Å². The number of nitrogens with one attached hydrogen (secondary N) is 2. The predicted octanol–water partition coefficient (Wildman–Crippen LogP) is 0.269. The highest BCUT2D eigenvalue weighted by atomic mass is 16.5. The monoisotopic (exact) mass is 270 g/mol. The third-order valence-corrected chi connectivity index (χ3v) is 3.94. The SMILES string of the molecule is O=C(O)CC1(NC(=O)COC2CCNCC2)CCC1. The van der Waals surface area contributed by atoms with Crippen molar-refractivity contribution >= 4 is 11.9 Å². The first-order valence-electron chi connectivity index (χ1n) is 6.95. The molecule has 1 heterocycles. The highest BCUT2D eigenvalue weighted by Gasteiger charge is 2.40. The van der Waals surface area contributed by atoms with Crippen molar-refractivity contribution in [2.75, 3.05) is 19.7 Å². The van der Waals surface area contributed by atoms with Gasteiger partial charge in [0.1, 0.15) is 6.61 Å². The first-order valence-corrected chi connectivity index (χ1v) is 6.95. The molecule has 0 aromatic rings. The van der Waals surface area contributed by atoms with Gasteiger partial charge in [0.15, 0.2) is 0 Å². The van der Waals surface area contributed by atoms with Gasteiger partial charge < -0.3 is 20.5 Å². The number of amides is 1. The molecule has 2 fully saturated rings. The first kappa shape index (κ1) is 14.3. The van der Waals surface area contributed by atoms with Crippen molar-refractivity contribution in [1.82, 2.24) is 10.6 Å². The van der Waals surface area contributed by atoms with Crippen LogP contribution in [0.1, 0.15) is 38.5 Å². The Morgan fingerprint density at radius 2 is 2.00 bits per heavy atom. The zero-order valence-electron chi connectivity index (χ0n) is 11.1. The number of aliphatic carboxylic acids is 1. The van der Waals surface area contributed by atoms with E-state index < -0.39 is 11.5 Å². The van der Waals surface area contributed by atoms with E-state index in [9.17, 15) is 9.59 Å². The standard InChI is InChI=1S/C13H22N2O4/c16-11(9-19-10-2-6-14-7-3-10)15-13(4-1-5-13)8-12(17)18/h10,14H,1-9H2,(H,15,16)(H,17,18). The van der Waals surface area contributed by atoms with E-state index in [-0.39, 0.29) is 25.0 Å². The second kappa shape index (κ2) is 6.34. The van der Waals surface area contributed by atoms with Crippen LogP contribution in [0.2, 0.25) is 0 Å². The molecule has 0 aromatic carbocycles. The lowest BCUT2D eigenvalue weighted by Gasteiger charge is -2.41. The summed E-state index contributed by atoms with van der Waals surface area (Å²) in [7, 11) is 0. The Balaban J connectivity index is 1.72. The Morgan fingerprint density at radius 3 is 2.53 bits per heavy atom. The molecule has 0 bridgehead atoms. The molecule has 0 radical (unpaired) electrons. The zero-order chi connectivity index (χ0) is 13.7. The van der Waals surface area contributed by atoms with Crippen molar-refractivity contribution < 1.29 is 19.4 Å². The van der Waals surface area contributed by atoms with Crippen molar-refractivity contribution in [3.05, 3.63) is 0 Å². The number of carboxylic acids is 1. The van der Waals surface area contributed by atoms with Crippen LogP contribution in [-0.2, 0) is 14.3 Å². The largest absolute Gasteiger partial charge is 0.481 e. The summed E-state index contributed by atoms with van der Waals surface area (Å²) in [6.45, 7) is 1.89. The molecule has 2 rings (SSSR count). The second-order valence-electron chi connectivity index (χ2n) is 5.51. The quantitative estimate of drug-likeness (QED) is 0.645. The van der Waals surface area contributed by atoms with E-state index in [1.54, 1.807) is 0 Å². The second-order valence-corrected chi connectivity index (χ2v) is 5.51. The molecule has 0 atom stereocenters. The van der Waals surface area contributed by atoms with Crippen LogP contribution in [0.15, 0.2) is 0 Å². The molecule has 2 aliphatic rings. The summed E-state index contributed by atoms with van der Waals surface area (Å²) in [5.41, 5.74) is -0.527. The van der Waals surface area contributed by atoms with Gasteiger partial charge in [-0.2, -0.15) is 0 Å². The number of hydrogen-bond donors (Lipinski definition) is 3. The summed E-state index contributed by atoms with van der Waals surface area (Å²) < 4.78 is 5.56. The molecule has 1 saturated carbocycles. The number of ether oxygens (including phenoxy) is 1. The summed E-state index contributed by atoms with van der Waals surface area (Å²) >= 11 is 0. The molecule has 108 valence electrons. The lowest BCUT2D eigenvalue weighted by Crippen LogP contribution is -2.55. The normalized spacial score (nSPS) is 22.5. The van der Waals surface area contributed by atoms with Crippen LogP contribution < -0.4 is 10.6 Å². The molecule has 19 heavy (non-hydrogen) atoms. The molecule has 1 aliphatic heterocycles. The Bertz CT molecular complexity index is 336. The van der Waals surface area contributed by atoms with Gasteiger partial charge in [0.2, 0.25) is 5.91 Å². The third kappa shape index (κ3) is 4.18. The van der Waals surface area contributed by atoms with E-state index in [2.05, 4.69) is 10.6 Å². The molecule has 0 spiro atoms. The highest BCUT2D eigenvalue weighted by Crippen LogP contribution is 2.34. The van der Waals surface area contributed by atoms with Crippen LogP contribution >= 0.6 is 0 Å². The molecule has 6 nitrogen and oxygen atoms in total. The van der Waals surface area contributed by atoms with Crippen LogP contribution in [0, 0.1) is 0 Å². The van der Waals surface area contributed by atoms with Gasteiger partial charge in [0.05, 0.1) is 18.1 Å². The van der Waals surface area contributed by atoms with E-state index in [0.29, 0.717) is 0 Å². The van der Waals surface area contributed by atoms with E-state index in [4.69, 9.17) is 9.84 Å². The summed E-state index contributed by atoms with van der Waals surface area (Å²) in [4.78, 5) is 22.6. The molecule has 1 aliphatic carbocycles. The Kier molecular flexibility index (Phi) is 4.76. The van der Waals surface area contributed by atoms with Gasteiger partial charge in [-0.15, -0.1) is 0 Å². The molecular weight excluding hydrogens is 248 g/mol. The van der Waals surface area contributed by atoms with Crippen LogP contribution in [0.5, 0.6) is 0 Å². The smallest absolute Gasteiger partial charge is 0.305 e. The summed E-state index contributed by atoms with van der Waals surface area (Å²) in [6, 6.07) is 0. The number of carboxylic acid groups (broad SMARTS) is 1. The fourth-order valence-corrected chi connectivity index (χ4v) is 2.73. The number of hydrogen-bond acceptors (Lipinski definition) is 4. The molecule has 1 amide bonds. The third-order valence-electron chi connectivity index (χ3n) is 3.94. The maximum absolute atomic E-state index is 11.8. The number of carbonyl (C=O) groups excluding carboxylic acids is 1. The molecular formula is C13H22N2O4. The van der Waals surface area contributed by atoms with Crippen LogP contribution in [0.3, 0.4) is 0 Å². The minimum absolute atomic E-state index is 0.00604. The molecule has 3 N–H and O–H groups in total. The first-order chi connectivity index (χ1) is 9.10. The summed E-state index contributed by atoms with van der Waals surface area (Å²) in [5, 5.41) is 14.9. The maximum Gasteiger partial charge on any atom is 0.305 e. The van der Waals surface area contributed by atoms with Gasteiger partial charge >= 0.3 is 5.97 Å². The van der Waals surface area contributed by atoms with Gasteiger partial charge in [0.25, 0.3) is 0 Å². The van der Waals surface area contributed by atoms with E-state index in [0.717, 1.165) is 45.2 Å². The highest BCUT2D eigenvalue weighted by molar-refractivity contribution is 5.79. The van der Waals surface area contributed by atoms with Crippen molar-refractivity contribution in [1.29, 1.82) is 0 Å². The fourth-order valence-electron chi connectivity index (χ4n) is 2.73. The summed E-state index contributed by atoms with van der Waals surface area (Å²) in [6.07, 6.45) is 4.47. The van der Waals surface area contributed by atoms with Crippen molar-refractivity contribution in [2.24, 2.45) is 0 Å². The average Bonchev–Trinajstić information content (AvgIpc) is 2.34. The fraction of sp³-hybridized carbons (Fsp3) is 0.846. The number of piperidine rings is 1. The van der Waals surface area contributed by atoms with E-state index in [1.807, 2.05) is 0 Å². The molecule has 0 aromatic heterocycles. The topological polar surface area (TPSA) is 87.7 Å². The minimum atomic E-state index is -0.862. The minimum Gasteiger partial charge on any atom is -0.481 e. The van der Waals surface area contributed by atoms with Crippen LogP contribution in [0.4, 0.5) is 0 Å². The number of rotatable bonds is 6. The van der Waals surface area contributed by atoms with Gasteiger partial charge in [0, 0.05) is 0 Å².